The quantitative estimate of drug-likeness (QED) is 0.0201. The van der Waals surface area contributed by atoms with Gasteiger partial charge in [-0.25, -0.2) is 0 Å². The van der Waals surface area contributed by atoms with Crippen molar-refractivity contribution >= 4 is 0 Å². The number of rotatable bonds is 36. The highest BCUT2D eigenvalue weighted by Crippen LogP contribution is 2.43. The van der Waals surface area contributed by atoms with E-state index in [0.29, 0.717) is 34.5 Å². The zero-order chi connectivity index (χ0) is 69.3. The lowest BCUT2D eigenvalue weighted by Crippen LogP contribution is -2.24. The monoisotopic (exact) mass is 1320 g/mol. The minimum Gasteiger partial charge on any atom is -0.499 e. The number of aliphatic hydroxyl groups excluding tert-OH is 6. The fourth-order valence-corrected chi connectivity index (χ4v) is 11.9. The normalized spacial score (nSPS) is 13.9. The predicted molar refractivity (Wildman–Crippen MR) is 370 cm³/mol. The van der Waals surface area contributed by atoms with Gasteiger partial charge in [0, 0.05) is 38.5 Å². The summed E-state index contributed by atoms with van der Waals surface area (Å²) in [5.41, 5.74) is 14.5. The van der Waals surface area contributed by atoms with Crippen molar-refractivity contribution in [3.05, 3.63) is 250 Å². The lowest BCUT2D eigenvalue weighted by Gasteiger charge is -2.25. The van der Waals surface area contributed by atoms with Crippen LogP contribution in [0.2, 0.25) is 0 Å². The first-order chi connectivity index (χ1) is 46.2. The smallest absolute Gasteiger partial charge is 0.126 e. The van der Waals surface area contributed by atoms with Crippen molar-refractivity contribution in [3.63, 3.8) is 0 Å². The molecule has 0 spiro atoms. The molecule has 0 aliphatic heterocycles. The zero-order valence-electron chi connectivity index (χ0n) is 56.4. The Morgan fingerprint density at radius 2 is 0.354 bits per heavy atom. The van der Waals surface area contributed by atoms with Gasteiger partial charge in [0.2, 0.25) is 0 Å². The Labute approximate surface area is 565 Å². The third-order valence-electron chi connectivity index (χ3n) is 15.6. The van der Waals surface area contributed by atoms with Crippen LogP contribution in [-0.4, -0.2) is 147 Å². The molecule has 0 fully saturated rings. The summed E-state index contributed by atoms with van der Waals surface area (Å²) in [6, 6.07) is 24.6. The number of benzene rings is 6. The molecule has 1 aliphatic rings. The van der Waals surface area contributed by atoms with Gasteiger partial charge in [0.1, 0.15) is 150 Å². The molecule has 12 bridgehead atoms. The first kappa shape index (κ1) is 74.5. The molecule has 0 radical (unpaired) electrons. The number of ether oxygens (including phenoxy) is 12. The summed E-state index contributed by atoms with van der Waals surface area (Å²) < 4.78 is 73.6. The molecule has 0 amide bonds. The molecular formula is C78H96O18. The van der Waals surface area contributed by atoms with Gasteiger partial charge < -0.3 is 87.5 Å². The molecule has 0 saturated carbocycles. The standard InChI is InChI=1S/C78H96O18/c1-13-85-37-67(79)43-91-73-55-19-49(7)20-56(73)32-58-22-51(9)24-60(75(58)93-45-69(81)39-87-15-3)34-62-26-53(11)28-64(77(62)95-47-71(83)41-89-17-5)36-66-30-54(12)29-65(78(66)96-48-72(84)42-90-18-6)35-63-27-52(10)25-61(76(63)94-46-70(82)40-88-16-4)33-59-23-50(8)21-57(31-55)74(59)92-44-68(80)38-86-14-2/h13-30,67-72,79-84H,1-6,31-48H2,7-12H3. The number of hydrogen-bond acceptors (Lipinski definition) is 18. The van der Waals surface area contributed by atoms with Gasteiger partial charge in [-0.15, -0.1) is 0 Å². The van der Waals surface area contributed by atoms with E-state index in [4.69, 9.17) is 56.8 Å². The van der Waals surface area contributed by atoms with Crippen LogP contribution in [-0.2, 0) is 66.9 Å². The van der Waals surface area contributed by atoms with E-state index < -0.39 is 36.6 Å². The lowest BCUT2D eigenvalue weighted by atomic mass is 9.88. The van der Waals surface area contributed by atoms with E-state index in [1.54, 1.807) is 0 Å². The van der Waals surface area contributed by atoms with Gasteiger partial charge in [-0.05, 0) is 108 Å². The SMILES string of the molecule is C=COCC(O)COc1c2cc(C)cc1Cc1cc(C)cc(c1OCC(O)COC=C)Cc1cc(C)cc(c1OCC(O)COC=C)Cc1cc(C)cc(c1OCC(O)COC=C)Cc1cc(C)cc(c1OCC(O)COC=C)Cc1cc(C)cc(c1OCC(O)COC=C)C2. The van der Waals surface area contributed by atoms with Crippen molar-refractivity contribution in [1.82, 2.24) is 0 Å². The molecule has 0 heterocycles. The second-order valence-corrected chi connectivity index (χ2v) is 24.3. The fourth-order valence-electron chi connectivity index (χ4n) is 11.9. The largest absolute Gasteiger partial charge is 0.499 e. The van der Waals surface area contributed by atoms with E-state index in [-0.39, 0.29) is 118 Å². The fraction of sp³-hybridized carbons (Fsp3) is 0.385. The Kier molecular flexibility index (Phi) is 29.1. The minimum absolute atomic E-state index is 0.0764. The molecule has 18 heteroatoms. The molecule has 7 rings (SSSR count). The number of aryl methyl sites for hydroxylation is 6. The van der Waals surface area contributed by atoms with Gasteiger partial charge in [-0.1, -0.05) is 146 Å². The van der Waals surface area contributed by atoms with Gasteiger partial charge in [0.15, 0.2) is 0 Å². The van der Waals surface area contributed by atoms with Crippen molar-refractivity contribution in [2.24, 2.45) is 0 Å². The number of fused-ring (bicyclic) bond motifs is 12. The van der Waals surface area contributed by atoms with Crippen molar-refractivity contribution in [2.75, 3.05) is 79.3 Å². The lowest BCUT2D eigenvalue weighted by molar-refractivity contribution is 0.0455. The summed E-state index contributed by atoms with van der Waals surface area (Å²) >= 11 is 0. The molecule has 0 saturated heterocycles. The van der Waals surface area contributed by atoms with Crippen LogP contribution in [0.15, 0.2) is 150 Å². The van der Waals surface area contributed by atoms with Crippen LogP contribution in [0.5, 0.6) is 34.5 Å². The Morgan fingerprint density at radius 3 is 0.458 bits per heavy atom. The number of aliphatic hydroxyl groups is 6. The first-order valence-electron chi connectivity index (χ1n) is 32.2. The van der Waals surface area contributed by atoms with Crippen molar-refractivity contribution in [3.8, 4) is 34.5 Å². The first-order valence-corrected chi connectivity index (χ1v) is 32.2. The number of hydrogen-bond donors (Lipinski definition) is 6. The molecule has 6 unspecified atom stereocenters. The highest BCUT2D eigenvalue weighted by Gasteiger charge is 2.27. The van der Waals surface area contributed by atoms with Crippen LogP contribution < -0.4 is 28.4 Å². The molecule has 0 aromatic heterocycles. The molecule has 6 atom stereocenters. The summed E-state index contributed by atoms with van der Waals surface area (Å²) in [4.78, 5) is 0. The molecular weight excluding hydrogens is 1220 g/mol. The van der Waals surface area contributed by atoms with Crippen LogP contribution in [0.3, 0.4) is 0 Å². The molecule has 96 heavy (non-hydrogen) atoms. The Bertz CT molecular complexity index is 2850. The van der Waals surface area contributed by atoms with E-state index in [1.807, 2.05) is 114 Å². The van der Waals surface area contributed by atoms with Crippen molar-refractivity contribution in [2.45, 2.75) is 117 Å². The van der Waals surface area contributed by atoms with Gasteiger partial charge in [-0.3, -0.25) is 0 Å². The van der Waals surface area contributed by atoms with Crippen LogP contribution in [0, 0.1) is 41.5 Å². The molecule has 1 aliphatic carbocycles. The Morgan fingerprint density at radius 1 is 0.240 bits per heavy atom. The van der Waals surface area contributed by atoms with Crippen molar-refractivity contribution in [1.29, 1.82) is 0 Å². The van der Waals surface area contributed by atoms with Gasteiger partial charge in [-0.2, -0.15) is 0 Å². The maximum Gasteiger partial charge on any atom is 0.126 e. The highest BCUT2D eigenvalue weighted by atomic mass is 16.5. The summed E-state index contributed by atoms with van der Waals surface area (Å²) in [7, 11) is 0. The van der Waals surface area contributed by atoms with E-state index in [2.05, 4.69) is 39.5 Å². The summed E-state index contributed by atoms with van der Waals surface area (Å²) in [6.45, 7) is 32.6. The van der Waals surface area contributed by atoms with E-state index in [0.717, 1.165) is 100 Å². The Hall–Kier alpha value is -8.88. The van der Waals surface area contributed by atoms with Crippen LogP contribution >= 0.6 is 0 Å². The molecule has 6 aromatic carbocycles. The third-order valence-corrected chi connectivity index (χ3v) is 15.6. The highest BCUT2D eigenvalue weighted by molar-refractivity contribution is 5.60. The average molecular weight is 1320 g/mol. The maximum absolute atomic E-state index is 11.4. The Balaban J connectivity index is 1.59. The van der Waals surface area contributed by atoms with E-state index in [1.165, 1.54) is 37.6 Å². The predicted octanol–water partition coefficient (Wildman–Crippen LogP) is 10.8. The molecule has 6 N–H and O–H groups in total. The minimum atomic E-state index is -1.06. The zero-order valence-corrected chi connectivity index (χ0v) is 56.4. The molecule has 516 valence electrons. The molecule has 6 aromatic rings. The maximum atomic E-state index is 11.4. The topological polar surface area (TPSA) is 232 Å². The average Bonchev–Trinajstić information content (AvgIpc) is 0.786. The van der Waals surface area contributed by atoms with Crippen LogP contribution in [0.25, 0.3) is 0 Å². The van der Waals surface area contributed by atoms with E-state index >= 15 is 0 Å². The second kappa shape index (κ2) is 37.4. The van der Waals surface area contributed by atoms with Gasteiger partial charge >= 0.3 is 0 Å². The van der Waals surface area contributed by atoms with Crippen LogP contribution in [0.4, 0.5) is 0 Å². The molecule has 18 nitrogen and oxygen atoms in total. The van der Waals surface area contributed by atoms with Crippen LogP contribution in [0.1, 0.15) is 100 Å². The second-order valence-electron chi connectivity index (χ2n) is 24.3. The van der Waals surface area contributed by atoms with Gasteiger partial charge in [0.05, 0.1) is 37.6 Å². The summed E-state index contributed by atoms with van der Waals surface area (Å²) in [5.74, 6) is 2.96. The third kappa shape index (κ3) is 22.1. The van der Waals surface area contributed by atoms with E-state index in [9.17, 15) is 30.6 Å². The van der Waals surface area contributed by atoms with Crippen molar-refractivity contribution < 1.29 is 87.5 Å². The summed E-state index contributed by atoms with van der Waals surface area (Å²) in [6.07, 6.45) is 2.67. The van der Waals surface area contributed by atoms with Gasteiger partial charge in [0.25, 0.3) is 0 Å². The summed E-state index contributed by atoms with van der Waals surface area (Å²) in [5, 5.41) is 68.1.